The monoisotopic (exact) mass is 364 g/mol. The number of hydrogen-bond acceptors (Lipinski definition) is 4. The normalized spacial score (nSPS) is 18.1. The fourth-order valence-corrected chi connectivity index (χ4v) is 4.76. The number of rotatable bonds is 4. The van der Waals surface area contributed by atoms with E-state index in [2.05, 4.69) is 0 Å². The summed E-state index contributed by atoms with van der Waals surface area (Å²) in [6.07, 6.45) is 0.149. The highest BCUT2D eigenvalue weighted by molar-refractivity contribution is 7.89. The van der Waals surface area contributed by atoms with Gasteiger partial charge >= 0.3 is 0 Å². The van der Waals surface area contributed by atoms with E-state index in [1.807, 2.05) is 12.1 Å². The number of aliphatic carboxylic acids is 1. The van der Waals surface area contributed by atoms with Crippen molar-refractivity contribution in [1.29, 1.82) is 0 Å². The summed E-state index contributed by atoms with van der Waals surface area (Å²) in [5, 5.41) is 11.6. The number of benzene rings is 2. The molecule has 0 saturated carbocycles. The fraction of sp³-hybridized carbons (Fsp3) is 0.235. The zero-order valence-corrected chi connectivity index (χ0v) is 14.3. The van der Waals surface area contributed by atoms with E-state index in [-0.39, 0.29) is 17.9 Å². The number of sulfonamides is 1. The van der Waals surface area contributed by atoms with E-state index in [9.17, 15) is 18.3 Å². The van der Waals surface area contributed by atoms with E-state index in [1.54, 1.807) is 12.1 Å². The molecular weight excluding hydrogens is 350 g/mol. The summed E-state index contributed by atoms with van der Waals surface area (Å²) < 4.78 is 27.2. The maximum Gasteiger partial charge on any atom is 0.243 e. The van der Waals surface area contributed by atoms with Gasteiger partial charge in [0.05, 0.1) is 10.9 Å². The van der Waals surface area contributed by atoms with E-state index in [4.69, 9.17) is 11.6 Å². The molecule has 2 aromatic rings. The smallest absolute Gasteiger partial charge is 0.243 e. The largest absolute Gasteiger partial charge is 0.550 e. The number of nitrogens with zero attached hydrogens (tertiary/aromatic N) is 1. The van der Waals surface area contributed by atoms with Crippen molar-refractivity contribution in [2.24, 2.45) is 0 Å². The average Bonchev–Trinajstić information content (AvgIpc) is 2.55. The molecule has 0 radical (unpaired) electrons. The lowest BCUT2D eigenvalue weighted by atomic mass is 9.92. The van der Waals surface area contributed by atoms with E-state index in [0.717, 1.165) is 5.56 Å². The van der Waals surface area contributed by atoms with Gasteiger partial charge in [0.1, 0.15) is 0 Å². The van der Waals surface area contributed by atoms with Crippen molar-refractivity contribution >= 4 is 27.6 Å². The molecule has 126 valence electrons. The van der Waals surface area contributed by atoms with Gasteiger partial charge in [0.25, 0.3) is 0 Å². The summed E-state index contributed by atoms with van der Waals surface area (Å²) in [7, 11) is -3.83. The van der Waals surface area contributed by atoms with Crippen LogP contribution in [0.25, 0.3) is 0 Å². The van der Waals surface area contributed by atoms with Gasteiger partial charge in [-0.15, -0.1) is 0 Å². The fourth-order valence-electron chi connectivity index (χ4n) is 3.03. The molecule has 5 nitrogen and oxygen atoms in total. The first kappa shape index (κ1) is 17.0. The number of carbonyl (C=O) groups is 1. The molecule has 24 heavy (non-hydrogen) atoms. The Labute approximate surface area is 145 Å². The minimum Gasteiger partial charge on any atom is -0.550 e. The van der Waals surface area contributed by atoms with Gasteiger partial charge in [-0.2, -0.15) is 4.31 Å². The van der Waals surface area contributed by atoms with Crippen LogP contribution >= 0.6 is 11.6 Å². The number of hydrogen-bond donors (Lipinski definition) is 0. The average molecular weight is 365 g/mol. The number of halogens is 1. The molecule has 3 rings (SSSR count). The summed E-state index contributed by atoms with van der Waals surface area (Å²) >= 11 is 5.82. The van der Waals surface area contributed by atoms with Gasteiger partial charge in [-0.05, 0) is 41.8 Å². The molecule has 0 N–H and O–H groups in total. The molecule has 0 spiro atoms. The number of carboxylic acids is 1. The highest BCUT2D eigenvalue weighted by atomic mass is 35.5. The minimum atomic E-state index is -3.83. The van der Waals surface area contributed by atoms with Gasteiger partial charge in [-0.3, -0.25) is 0 Å². The molecule has 0 bridgehead atoms. The van der Waals surface area contributed by atoms with Gasteiger partial charge < -0.3 is 9.90 Å². The van der Waals surface area contributed by atoms with Crippen molar-refractivity contribution in [2.45, 2.75) is 23.8 Å². The molecule has 0 fully saturated rings. The van der Waals surface area contributed by atoms with Crippen LogP contribution in [-0.4, -0.2) is 25.2 Å². The summed E-state index contributed by atoms with van der Waals surface area (Å²) in [6.45, 7) is 0.222. The lowest BCUT2D eigenvalue weighted by Gasteiger charge is -2.36. The Morgan fingerprint density at radius 2 is 1.83 bits per heavy atom. The molecule has 1 aliphatic heterocycles. The maximum absolute atomic E-state index is 13.0. The maximum atomic E-state index is 13.0. The molecule has 2 aromatic carbocycles. The van der Waals surface area contributed by atoms with E-state index in [0.29, 0.717) is 17.0 Å². The van der Waals surface area contributed by atoms with Crippen LogP contribution in [0.15, 0.2) is 53.4 Å². The Hall–Kier alpha value is -1.89. The first-order chi connectivity index (χ1) is 11.4. The number of carboxylic acid groups (broad SMARTS) is 1. The predicted octanol–water partition coefficient (Wildman–Crippen LogP) is 1.77. The molecular formula is C17H15ClNO4S-. The van der Waals surface area contributed by atoms with Crippen LogP contribution in [0.3, 0.4) is 0 Å². The lowest BCUT2D eigenvalue weighted by molar-refractivity contribution is -0.306. The Balaban J connectivity index is 2.05. The molecule has 1 heterocycles. The molecule has 1 aliphatic rings. The molecule has 0 unspecified atom stereocenters. The van der Waals surface area contributed by atoms with Crippen molar-refractivity contribution < 1.29 is 18.3 Å². The third kappa shape index (κ3) is 3.17. The van der Waals surface area contributed by atoms with Crippen LogP contribution in [0.1, 0.15) is 23.6 Å². The van der Waals surface area contributed by atoms with Crippen LogP contribution in [0.4, 0.5) is 0 Å². The second-order valence-electron chi connectivity index (χ2n) is 5.61. The van der Waals surface area contributed by atoms with Crippen molar-refractivity contribution in [3.63, 3.8) is 0 Å². The van der Waals surface area contributed by atoms with Crippen LogP contribution in [0, 0.1) is 0 Å². The summed E-state index contributed by atoms with van der Waals surface area (Å²) in [5.41, 5.74) is 1.68. The minimum absolute atomic E-state index is 0.0922. The van der Waals surface area contributed by atoms with Gasteiger partial charge in [0, 0.05) is 24.0 Å². The first-order valence-corrected chi connectivity index (χ1v) is 9.26. The van der Waals surface area contributed by atoms with E-state index in [1.165, 1.54) is 28.6 Å². The SMILES string of the molecule is O=C([O-])C[C@H]1c2ccccc2CCN1S(=O)(=O)c1ccc(Cl)cc1. The Morgan fingerprint density at radius 1 is 1.17 bits per heavy atom. The van der Waals surface area contributed by atoms with Gasteiger partial charge in [0.2, 0.25) is 10.0 Å². The molecule has 0 aromatic heterocycles. The van der Waals surface area contributed by atoms with Crippen molar-refractivity contribution in [1.82, 2.24) is 4.31 Å². The second-order valence-corrected chi connectivity index (χ2v) is 7.94. The zero-order chi connectivity index (χ0) is 17.3. The van der Waals surface area contributed by atoms with Crippen LogP contribution < -0.4 is 5.11 Å². The van der Waals surface area contributed by atoms with E-state index >= 15 is 0 Å². The first-order valence-electron chi connectivity index (χ1n) is 7.44. The topological polar surface area (TPSA) is 77.5 Å². The Morgan fingerprint density at radius 3 is 2.50 bits per heavy atom. The van der Waals surface area contributed by atoms with Crippen LogP contribution in [-0.2, 0) is 21.2 Å². The molecule has 0 saturated heterocycles. The van der Waals surface area contributed by atoms with Crippen LogP contribution in [0.5, 0.6) is 0 Å². The molecule has 0 amide bonds. The highest BCUT2D eigenvalue weighted by Gasteiger charge is 2.36. The van der Waals surface area contributed by atoms with Crippen molar-refractivity contribution in [2.75, 3.05) is 6.54 Å². The Bertz CT molecular complexity index is 864. The number of carbonyl (C=O) groups excluding carboxylic acids is 1. The molecule has 1 atom stereocenters. The van der Waals surface area contributed by atoms with E-state index < -0.39 is 22.0 Å². The van der Waals surface area contributed by atoms with Crippen LogP contribution in [0.2, 0.25) is 5.02 Å². The quantitative estimate of drug-likeness (QED) is 0.828. The lowest BCUT2D eigenvalue weighted by Crippen LogP contribution is -2.42. The van der Waals surface area contributed by atoms with Gasteiger partial charge in [0.15, 0.2) is 0 Å². The van der Waals surface area contributed by atoms with Crippen molar-refractivity contribution in [3.05, 3.63) is 64.7 Å². The highest BCUT2D eigenvalue weighted by Crippen LogP contribution is 2.36. The summed E-state index contributed by atoms with van der Waals surface area (Å²) in [5.74, 6) is -1.28. The van der Waals surface area contributed by atoms with Crippen molar-refractivity contribution in [3.8, 4) is 0 Å². The third-order valence-corrected chi connectivity index (χ3v) is 6.32. The molecule has 0 aliphatic carbocycles. The second kappa shape index (κ2) is 6.55. The van der Waals surface area contributed by atoms with Gasteiger partial charge in [-0.25, -0.2) is 8.42 Å². The summed E-state index contributed by atoms with van der Waals surface area (Å²) in [4.78, 5) is 11.3. The zero-order valence-electron chi connectivity index (χ0n) is 12.7. The van der Waals surface area contributed by atoms with Gasteiger partial charge in [-0.1, -0.05) is 35.9 Å². The Kier molecular flexibility index (Phi) is 4.62. The summed E-state index contributed by atoms with van der Waals surface area (Å²) in [6, 6.07) is 12.4. The standard InChI is InChI=1S/C17H16ClNO4S/c18-13-5-7-14(8-6-13)24(22,23)19-10-9-12-3-1-2-4-15(12)16(19)11-17(20)21/h1-8,16H,9-11H2,(H,20,21)/p-1/t16-/m0/s1. The predicted molar refractivity (Wildman–Crippen MR) is 87.9 cm³/mol. The molecule has 7 heteroatoms. The number of fused-ring (bicyclic) bond motifs is 1. The third-order valence-electron chi connectivity index (χ3n) is 4.14.